The maximum Gasteiger partial charge on any atom is 0.332 e. The standard InChI is InChI=1S/C13H21N5O3/c1-13(2,5-6-19)7-14-11-15-8-9(16-11)17(3)12(21)18(4)10(8)20/h19H,5-7H2,1-4H3,(H2,14,15,16). The summed E-state index contributed by atoms with van der Waals surface area (Å²) in [7, 11) is 3.01. The molecule has 0 fully saturated rings. The molecule has 0 saturated carbocycles. The van der Waals surface area contributed by atoms with E-state index in [1.807, 2.05) is 13.8 Å². The van der Waals surface area contributed by atoms with Crippen molar-refractivity contribution in [3.8, 4) is 0 Å². The summed E-state index contributed by atoms with van der Waals surface area (Å²) in [6, 6.07) is 0. The predicted molar refractivity (Wildman–Crippen MR) is 80.5 cm³/mol. The first-order chi connectivity index (χ1) is 9.76. The van der Waals surface area contributed by atoms with Gasteiger partial charge in [-0.1, -0.05) is 13.8 Å². The Morgan fingerprint density at radius 2 is 1.95 bits per heavy atom. The average molecular weight is 295 g/mol. The molecular formula is C13H21N5O3. The van der Waals surface area contributed by atoms with Gasteiger partial charge in [0.25, 0.3) is 5.56 Å². The molecule has 21 heavy (non-hydrogen) atoms. The highest BCUT2D eigenvalue weighted by atomic mass is 16.3. The van der Waals surface area contributed by atoms with Gasteiger partial charge in [0.2, 0.25) is 5.95 Å². The van der Waals surface area contributed by atoms with Crippen molar-refractivity contribution >= 4 is 17.1 Å². The van der Waals surface area contributed by atoms with Crippen LogP contribution in [0.4, 0.5) is 5.95 Å². The number of aliphatic hydroxyl groups excluding tert-OH is 1. The Morgan fingerprint density at radius 3 is 2.57 bits per heavy atom. The van der Waals surface area contributed by atoms with Crippen molar-refractivity contribution in [3.05, 3.63) is 20.8 Å². The number of rotatable bonds is 5. The lowest BCUT2D eigenvalue weighted by Crippen LogP contribution is -2.36. The number of aryl methyl sites for hydroxylation is 1. The minimum Gasteiger partial charge on any atom is -0.396 e. The van der Waals surface area contributed by atoms with Crippen LogP contribution in [0.25, 0.3) is 11.2 Å². The third-order valence-electron chi connectivity index (χ3n) is 3.62. The Balaban J connectivity index is 2.37. The highest BCUT2D eigenvalue weighted by Crippen LogP contribution is 2.20. The SMILES string of the molecule is Cn1c(=O)c2[nH]c(NCC(C)(C)CCO)nc2n(C)c1=O. The van der Waals surface area contributed by atoms with E-state index in [1.54, 1.807) is 7.05 Å². The molecule has 8 nitrogen and oxygen atoms in total. The molecule has 3 N–H and O–H groups in total. The van der Waals surface area contributed by atoms with Crippen molar-refractivity contribution in [2.75, 3.05) is 18.5 Å². The van der Waals surface area contributed by atoms with E-state index in [-0.39, 0.29) is 12.0 Å². The van der Waals surface area contributed by atoms with Gasteiger partial charge < -0.3 is 15.4 Å². The maximum atomic E-state index is 12.0. The van der Waals surface area contributed by atoms with E-state index in [0.717, 1.165) is 4.57 Å². The van der Waals surface area contributed by atoms with Crippen LogP contribution < -0.4 is 16.6 Å². The van der Waals surface area contributed by atoms with Crippen molar-refractivity contribution in [1.82, 2.24) is 19.1 Å². The van der Waals surface area contributed by atoms with E-state index in [4.69, 9.17) is 5.11 Å². The number of aromatic nitrogens is 4. The minimum atomic E-state index is -0.411. The first-order valence-electron chi connectivity index (χ1n) is 6.77. The molecule has 0 saturated heterocycles. The third-order valence-corrected chi connectivity index (χ3v) is 3.62. The summed E-state index contributed by atoms with van der Waals surface area (Å²) in [5.41, 5.74) is -0.299. The fourth-order valence-electron chi connectivity index (χ4n) is 2.12. The monoisotopic (exact) mass is 295 g/mol. The number of imidazole rings is 1. The molecule has 0 amide bonds. The zero-order valence-corrected chi connectivity index (χ0v) is 12.7. The molecule has 0 atom stereocenters. The van der Waals surface area contributed by atoms with Crippen LogP contribution in [0.5, 0.6) is 0 Å². The molecule has 0 aliphatic rings. The van der Waals surface area contributed by atoms with Gasteiger partial charge in [0, 0.05) is 27.2 Å². The van der Waals surface area contributed by atoms with E-state index in [9.17, 15) is 9.59 Å². The second kappa shape index (κ2) is 5.36. The molecule has 0 aliphatic carbocycles. The fourth-order valence-corrected chi connectivity index (χ4v) is 2.12. The zero-order valence-electron chi connectivity index (χ0n) is 12.7. The topological polar surface area (TPSA) is 105 Å². The normalized spacial score (nSPS) is 12.0. The van der Waals surface area contributed by atoms with E-state index >= 15 is 0 Å². The molecule has 0 aromatic carbocycles. The number of H-pyrrole nitrogens is 1. The van der Waals surface area contributed by atoms with Crippen LogP contribution in [0, 0.1) is 5.41 Å². The fraction of sp³-hybridized carbons (Fsp3) is 0.615. The number of anilines is 1. The summed E-state index contributed by atoms with van der Waals surface area (Å²) in [5, 5.41) is 12.1. The molecule has 8 heteroatoms. The molecule has 0 radical (unpaired) electrons. The van der Waals surface area contributed by atoms with Gasteiger partial charge in [-0.3, -0.25) is 13.9 Å². The van der Waals surface area contributed by atoms with Crippen LogP contribution in [0.3, 0.4) is 0 Å². The van der Waals surface area contributed by atoms with Crippen molar-refractivity contribution < 1.29 is 5.11 Å². The van der Waals surface area contributed by atoms with Gasteiger partial charge in [0.15, 0.2) is 11.2 Å². The number of nitrogens with zero attached hydrogens (tertiary/aromatic N) is 3. The lowest BCUT2D eigenvalue weighted by molar-refractivity contribution is 0.220. The van der Waals surface area contributed by atoms with Crippen LogP contribution in [0.1, 0.15) is 20.3 Å². The van der Waals surface area contributed by atoms with Crippen LogP contribution >= 0.6 is 0 Å². The van der Waals surface area contributed by atoms with E-state index in [2.05, 4.69) is 15.3 Å². The summed E-state index contributed by atoms with van der Waals surface area (Å²) >= 11 is 0. The molecule has 2 aromatic rings. The molecule has 116 valence electrons. The second-order valence-corrected chi connectivity index (χ2v) is 5.98. The number of hydrogen-bond acceptors (Lipinski definition) is 5. The van der Waals surface area contributed by atoms with Crippen LogP contribution in [-0.2, 0) is 14.1 Å². The molecule has 2 rings (SSSR count). The number of nitrogens with one attached hydrogen (secondary N) is 2. The van der Waals surface area contributed by atoms with Crippen LogP contribution in [0.15, 0.2) is 9.59 Å². The van der Waals surface area contributed by atoms with Crippen LogP contribution in [-0.4, -0.2) is 37.4 Å². The molecule has 2 aromatic heterocycles. The molecule has 0 unspecified atom stereocenters. The maximum absolute atomic E-state index is 12.0. The first kappa shape index (κ1) is 15.3. The van der Waals surface area contributed by atoms with Gasteiger partial charge in [-0.25, -0.2) is 4.79 Å². The summed E-state index contributed by atoms with van der Waals surface area (Å²) < 4.78 is 2.37. The Morgan fingerprint density at radius 1 is 1.29 bits per heavy atom. The second-order valence-electron chi connectivity index (χ2n) is 5.98. The lowest BCUT2D eigenvalue weighted by Gasteiger charge is -2.23. The number of aromatic amines is 1. The number of fused-ring (bicyclic) bond motifs is 1. The lowest BCUT2D eigenvalue weighted by atomic mass is 9.90. The van der Waals surface area contributed by atoms with Crippen molar-refractivity contribution in [2.45, 2.75) is 20.3 Å². The molecule has 0 aliphatic heterocycles. The van der Waals surface area contributed by atoms with Gasteiger partial charge >= 0.3 is 5.69 Å². The van der Waals surface area contributed by atoms with Crippen LogP contribution in [0.2, 0.25) is 0 Å². The van der Waals surface area contributed by atoms with E-state index in [1.165, 1.54) is 11.6 Å². The van der Waals surface area contributed by atoms with Crippen molar-refractivity contribution in [2.24, 2.45) is 19.5 Å². The average Bonchev–Trinajstić information content (AvgIpc) is 2.85. The van der Waals surface area contributed by atoms with Gasteiger partial charge in [0.05, 0.1) is 0 Å². The van der Waals surface area contributed by atoms with Gasteiger partial charge in [-0.15, -0.1) is 0 Å². The quantitative estimate of drug-likeness (QED) is 0.707. The van der Waals surface area contributed by atoms with Crippen molar-refractivity contribution in [1.29, 1.82) is 0 Å². The summed E-state index contributed by atoms with van der Waals surface area (Å²) in [6.07, 6.45) is 0.653. The first-order valence-corrected chi connectivity index (χ1v) is 6.77. The Kier molecular flexibility index (Phi) is 3.91. The minimum absolute atomic E-state index is 0.107. The van der Waals surface area contributed by atoms with Crippen molar-refractivity contribution in [3.63, 3.8) is 0 Å². The highest BCUT2D eigenvalue weighted by molar-refractivity contribution is 5.72. The van der Waals surface area contributed by atoms with E-state index < -0.39 is 11.2 Å². The summed E-state index contributed by atoms with van der Waals surface area (Å²) in [6.45, 7) is 4.74. The summed E-state index contributed by atoms with van der Waals surface area (Å²) in [5.74, 6) is 0.439. The Hall–Kier alpha value is -2.09. The number of aliphatic hydroxyl groups is 1. The zero-order chi connectivity index (χ0) is 15.8. The largest absolute Gasteiger partial charge is 0.396 e. The molecule has 2 heterocycles. The highest BCUT2D eigenvalue weighted by Gasteiger charge is 2.18. The third kappa shape index (κ3) is 2.85. The molecule has 0 spiro atoms. The molecule has 0 bridgehead atoms. The van der Waals surface area contributed by atoms with Gasteiger partial charge in [-0.05, 0) is 11.8 Å². The summed E-state index contributed by atoms with van der Waals surface area (Å²) in [4.78, 5) is 31.0. The Bertz CT molecular complexity index is 768. The smallest absolute Gasteiger partial charge is 0.332 e. The Labute approximate surface area is 121 Å². The predicted octanol–water partition coefficient (Wildman–Crippen LogP) is -0.219. The molecular weight excluding hydrogens is 274 g/mol. The van der Waals surface area contributed by atoms with Gasteiger partial charge in [-0.2, -0.15) is 4.98 Å². The van der Waals surface area contributed by atoms with Gasteiger partial charge in [0.1, 0.15) is 0 Å². The van der Waals surface area contributed by atoms with E-state index in [0.29, 0.717) is 30.1 Å². The number of hydrogen-bond donors (Lipinski definition) is 3.